The number of allylic oxidation sites excluding steroid dienone is 4. The fraction of sp³-hybridized carbons (Fsp3) is 0. The number of carbonyl (C=O) groups excluding carboxylic acids is 1. The van der Waals surface area contributed by atoms with E-state index in [0.717, 1.165) is 30.4 Å². The molecule has 7 nitrogen and oxygen atoms in total. The first-order chi connectivity index (χ1) is 10.2. The van der Waals surface area contributed by atoms with Gasteiger partial charge in [0.15, 0.2) is 0 Å². The molecule has 1 aliphatic carbocycles. The minimum absolute atomic E-state index is 0.152. The van der Waals surface area contributed by atoms with E-state index in [2.05, 4.69) is 4.40 Å². The molecule has 114 valence electrons. The fourth-order valence-corrected chi connectivity index (χ4v) is 3.03. The van der Waals surface area contributed by atoms with Crippen LogP contribution in [0.1, 0.15) is 0 Å². The Kier molecular flexibility index (Phi) is 4.45. The third-order valence-electron chi connectivity index (χ3n) is 2.53. The van der Waals surface area contributed by atoms with Crippen molar-refractivity contribution in [1.29, 1.82) is 0 Å². The minimum atomic E-state index is -4.21. The molecule has 0 N–H and O–H groups in total. The fourth-order valence-electron chi connectivity index (χ4n) is 1.55. The van der Waals surface area contributed by atoms with Crippen molar-refractivity contribution in [2.24, 2.45) is 4.40 Å². The van der Waals surface area contributed by atoms with E-state index < -0.39 is 20.7 Å². The van der Waals surface area contributed by atoms with E-state index in [4.69, 9.17) is 23.2 Å². The van der Waals surface area contributed by atoms with Crippen LogP contribution in [0.15, 0.2) is 55.8 Å². The molecule has 0 unspecified atom stereocenters. The molecule has 0 aromatic heterocycles. The summed E-state index contributed by atoms with van der Waals surface area (Å²) in [6.45, 7) is 0. The molecule has 0 radical (unpaired) electrons. The highest BCUT2D eigenvalue weighted by Crippen LogP contribution is 2.23. The lowest BCUT2D eigenvalue weighted by molar-refractivity contribution is -0.385. The molecule has 0 spiro atoms. The Labute approximate surface area is 134 Å². The number of ketones is 1. The molecule has 0 saturated carbocycles. The summed E-state index contributed by atoms with van der Waals surface area (Å²) in [7, 11) is -4.21. The average molecular weight is 361 g/mol. The third-order valence-corrected chi connectivity index (χ3v) is 4.40. The van der Waals surface area contributed by atoms with Gasteiger partial charge in [-0.15, -0.1) is 0 Å². The maximum atomic E-state index is 12.1. The molecule has 22 heavy (non-hydrogen) atoms. The lowest BCUT2D eigenvalue weighted by Gasteiger charge is -2.06. The first kappa shape index (κ1) is 16.3. The van der Waals surface area contributed by atoms with Gasteiger partial charge < -0.3 is 0 Å². The molecule has 0 amide bonds. The zero-order valence-corrected chi connectivity index (χ0v) is 12.9. The number of carbonyl (C=O) groups is 1. The molecular weight excluding hydrogens is 355 g/mol. The Bertz CT molecular complexity index is 847. The number of hydrogen-bond acceptors (Lipinski definition) is 5. The van der Waals surface area contributed by atoms with Crippen molar-refractivity contribution in [3.8, 4) is 0 Å². The molecule has 0 atom stereocenters. The summed E-state index contributed by atoms with van der Waals surface area (Å²) in [6.07, 6.45) is 2.09. The number of sulfonamides is 1. The van der Waals surface area contributed by atoms with Gasteiger partial charge in [0.25, 0.3) is 15.7 Å². The molecule has 1 aromatic carbocycles. The number of benzene rings is 1. The van der Waals surface area contributed by atoms with Crippen LogP contribution in [0.3, 0.4) is 0 Å². The van der Waals surface area contributed by atoms with Crippen molar-refractivity contribution in [2.45, 2.75) is 4.90 Å². The topological polar surface area (TPSA) is 107 Å². The third kappa shape index (κ3) is 3.41. The van der Waals surface area contributed by atoms with Crippen LogP contribution in [-0.2, 0) is 14.8 Å². The van der Waals surface area contributed by atoms with Crippen molar-refractivity contribution in [1.82, 2.24) is 0 Å². The molecule has 0 heterocycles. The second-order valence-corrected chi connectivity index (χ2v) is 6.48. The van der Waals surface area contributed by atoms with Crippen LogP contribution < -0.4 is 0 Å². The van der Waals surface area contributed by atoms with Gasteiger partial charge in [-0.1, -0.05) is 29.3 Å². The Morgan fingerprint density at radius 1 is 1.14 bits per heavy atom. The summed E-state index contributed by atoms with van der Waals surface area (Å²) in [5.41, 5.74) is -0.539. The number of non-ortho nitro benzene ring substituents is 1. The Morgan fingerprint density at radius 2 is 1.73 bits per heavy atom. The van der Waals surface area contributed by atoms with Crippen molar-refractivity contribution >= 4 is 50.4 Å². The minimum Gasteiger partial charge on any atom is -0.287 e. The summed E-state index contributed by atoms with van der Waals surface area (Å²) in [4.78, 5) is 20.9. The zero-order valence-electron chi connectivity index (χ0n) is 10.6. The largest absolute Gasteiger partial charge is 0.287 e. The van der Waals surface area contributed by atoms with Crippen LogP contribution in [0, 0.1) is 10.1 Å². The summed E-state index contributed by atoms with van der Waals surface area (Å²) >= 11 is 11.2. The van der Waals surface area contributed by atoms with Crippen LogP contribution in [-0.4, -0.2) is 24.8 Å². The first-order valence-electron chi connectivity index (χ1n) is 5.59. The van der Waals surface area contributed by atoms with Gasteiger partial charge >= 0.3 is 0 Å². The standard InChI is InChI=1S/C12H6Cl2N2O5S/c13-10-4-7(5-11(14)12(10)17)15-22(20,21)9-3-1-2-8(6-9)16(18)19/h1-6H. The van der Waals surface area contributed by atoms with Gasteiger partial charge in [-0.25, -0.2) is 0 Å². The maximum absolute atomic E-state index is 12.1. The highest BCUT2D eigenvalue weighted by atomic mass is 35.5. The van der Waals surface area contributed by atoms with Crippen molar-refractivity contribution < 1.29 is 18.1 Å². The molecule has 10 heteroatoms. The van der Waals surface area contributed by atoms with Crippen LogP contribution in [0.4, 0.5) is 5.69 Å². The molecule has 0 aliphatic heterocycles. The van der Waals surface area contributed by atoms with E-state index in [1.807, 2.05) is 0 Å². The Morgan fingerprint density at radius 3 is 2.27 bits per heavy atom. The molecular formula is C12H6Cl2N2O5S. The number of Topliss-reactive ketones (excluding diaryl/α,β-unsaturated/α-hetero) is 1. The predicted octanol–water partition coefficient (Wildman–Crippen LogP) is 2.55. The monoisotopic (exact) mass is 360 g/mol. The average Bonchev–Trinajstić information content (AvgIpc) is 2.44. The van der Waals surface area contributed by atoms with E-state index in [1.165, 1.54) is 6.07 Å². The van der Waals surface area contributed by atoms with Crippen molar-refractivity contribution in [3.05, 3.63) is 56.6 Å². The quantitative estimate of drug-likeness (QED) is 0.467. The van der Waals surface area contributed by atoms with Gasteiger partial charge in [-0.2, -0.15) is 12.8 Å². The molecule has 2 rings (SSSR count). The SMILES string of the molecule is O=C1C(Cl)=CC(=NS(=O)(=O)c2cccc([N+](=O)[O-])c2)C=C1Cl. The Hall–Kier alpha value is -2.03. The van der Waals surface area contributed by atoms with Gasteiger partial charge in [-0.3, -0.25) is 14.9 Å². The second kappa shape index (κ2) is 5.99. The van der Waals surface area contributed by atoms with Gasteiger partial charge in [-0.05, 0) is 18.2 Å². The molecule has 1 aromatic rings. The number of nitrogens with zero attached hydrogens (tertiary/aromatic N) is 2. The van der Waals surface area contributed by atoms with Gasteiger partial charge in [0.05, 0.1) is 25.6 Å². The molecule has 0 bridgehead atoms. The lowest BCUT2D eigenvalue weighted by Crippen LogP contribution is -2.10. The normalized spacial score (nSPS) is 15.2. The van der Waals surface area contributed by atoms with E-state index in [9.17, 15) is 23.3 Å². The lowest BCUT2D eigenvalue weighted by atomic mass is 10.1. The van der Waals surface area contributed by atoms with Gasteiger partial charge in [0.2, 0.25) is 5.78 Å². The van der Waals surface area contributed by atoms with Crippen molar-refractivity contribution in [3.63, 3.8) is 0 Å². The van der Waals surface area contributed by atoms with Crippen LogP contribution in [0.2, 0.25) is 0 Å². The van der Waals surface area contributed by atoms with Crippen LogP contribution in [0.25, 0.3) is 0 Å². The molecule has 0 fully saturated rings. The number of nitro groups is 1. The predicted molar refractivity (Wildman–Crippen MR) is 80.6 cm³/mol. The molecule has 0 saturated heterocycles. The van der Waals surface area contributed by atoms with E-state index >= 15 is 0 Å². The van der Waals surface area contributed by atoms with Gasteiger partial charge in [0, 0.05) is 12.1 Å². The van der Waals surface area contributed by atoms with Crippen LogP contribution >= 0.6 is 23.2 Å². The summed E-state index contributed by atoms with van der Waals surface area (Å²) < 4.78 is 27.7. The Balaban J connectivity index is 2.48. The number of nitro benzene ring substituents is 1. The zero-order chi connectivity index (χ0) is 16.5. The number of hydrogen-bond donors (Lipinski definition) is 0. The van der Waals surface area contributed by atoms with Crippen molar-refractivity contribution in [2.75, 3.05) is 0 Å². The summed E-state index contributed by atoms with van der Waals surface area (Å²) in [5, 5.41) is 10.1. The van der Waals surface area contributed by atoms with E-state index in [1.54, 1.807) is 0 Å². The second-order valence-electron chi connectivity index (χ2n) is 4.06. The number of rotatable bonds is 3. The highest BCUT2D eigenvalue weighted by molar-refractivity contribution is 7.90. The highest BCUT2D eigenvalue weighted by Gasteiger charge is 2.21. The van der Waals surface area contributed by atoms with E-state index in [0.29, 0.717) is 0 Å². The van der Waals surface area contributed by atoms with Crippen LogP contribution in [0.5, 0.6) is 0 Å². The van der Waals surface area contributed by atoms with E-state index in [-0.39, 0.29) is 26.4 Å². The number of halogens is 2. The first-order valence-corrected chi connectivity index (χ1v) is 7.79. The molecule has 1 aliphatic rings. The van der Waals surface area contributed by atoms with Gasteiger partial charge in [0.1, 0.15) is 0 Å². The summed E-state index contributed by atoms with van der Waals surface area (Å²) in [6, 6.07) is 4.42. The smallest absolute Gasteiger partial charge is 0.283 e. The summed E-state index contributed by atoms with van der Waals surface area (Å²) in [5.74, 6) is -0.643. The maximum Gasteiger partial charge on any atom is 0.283 e.